The van der Waals surface area contributed by atoms with E-state index in [-0.39, 0.29) is 11.7 Å². The molecule has 2 aliphatic heterocycles. The molecule has 144 valence electrons. The van der Waals surface area contributed by atoms with Crippen molar-refractivity contribution >= 4 is 28.8 Å². The number of quaternary nitrogens is 1. The average molecular weight is 397 g/mol. The number of nitrogens with one attached hydrogen (secondary N) is 1. The number of nitrogens with zero attached hydrogens (tertiary/aromatic N) is 2. The summed E-state index contributed by atoms with van der Waals surface area (Å²) < 4.78 is 13.3. The van der Waals surface area contributed by atoms with Gasteiger partial charge in [-0.3, -0.25) is 14.7 Å². The number of aliphatic imine (C=N–C) groups is 1. The number of amides is 1. The van der Waals surface area contributed by atoms with Crippen molar-refractivity contribution in [2.75, 3.05) is 19.6 Å². The second-order valence-corrected chi connectivity index (χ2v) is 7.75. The maximum atomic E-state index is 13.4. The zero-order chi connectivity index (χ0) is 19.7. The standard InChI is InChI=1S/C22H22FN3OS/c1-2-25-14-12-22(13-15-25)24-19(16-6-4-3-5-7-16)21(28)26(22)20(27)17-8-10-18(23)11-9-17/h3-11H,2,12-15H2,1H3/p+1. The number of piperidine rings is 1. The number of halogens is 1. The fourth-order valence-corrected chi connectivity index (χ4v) is 4.50. The summed E-state index contributed by atoms with van der Waals surface area (Å²) in [5, 5.41) is 0. The van der Waals surface area contributed by atoms with Crippen LogP contribution in [-0.2, 0) is 0 Å². The van der Waals surface area contributed by atoms with Crippen LogP contribution in [0.15, 0.2) is 59.6 Å². The number of carbonyl (C=O) groups is 1. The van der Waals surface area contributed by atoms with Gasteiger partial charge < -0.3 is 4.90 Å². The smallest absolute Gasteiger partial charge is 0.260 e. The minimum Gasteiger partial charge on any atom is -0.335 e. The van der Waals surface area contributed by atoms with Gasteiger partial charge in [0.15, 0.2) is 5.66 Å². The Morgan fingerprint density at radius 3 is 2.39 bits per heavy atom. The van der Waals surface area contributed by atoms with Gasteiger partial charge in [0.25, 0.3) is 5.91 Å². The minimum absolute atomic E-state index is 0.209. The van der Waals surface area contributed by atoms with E-state index in [1.54, 1.807) is 4.90 Å². The third-order valence-corrected chi connectivity index (χ3v) is 6.12. The molecule has 2 aromatic rings. The molecule has 1 N–H and O–H groups in total. The molecular formula is C22H23FN3OS+. The first kappa shape index (κ1) is 18.9. The summed E-state index contributed by atoms with van der Waals surface area (Å²) in [5.41, 5.74) is 1.40. The van der Waals surface area contributed by atoms with Crippen LogP contribution in [0.1, 0.15) is 35.7 Å². The van der Waals surface area contributed by atoms with Gasteiger partial charge in [-0.1, -0.05) is 42.5 Å². The average Bonchev–Trinajstić information content (AvgIpc) is 3.01. The van der Waals surface area contributed by atoms with E-state index in [1.165, 1.54) is 29.2 Å². The fraction of sp³-hybridized carbons (Fsp3) is 0.318. The van der Waals surface area contributed by atoms with Crippen molar-refractivity contribution in [1.82, 2.24) is 4.90 Å². The lowest BCUT2D eigenvalue weighted by Crippen LogP contribution is -3.13. The van der Waals surface area contributed by atoms with Crippen LogP contribution in [0.3, 0.4) is 0 Å². The van der Waals surface area contributed by atoms with Crippen molar-refractivity contribution in [3.63, 3.8) is 0 Å². The Hall–Kier alpha value is -2.44. The number of benzene rings is 2. The van der Waals surface area contributed by atoms with Crippen molar-refractivity contribution in [3.8, 4) is 0 Å². The molecule has 0 aliphatic carbocycles. The summed E-state index contributed by atoms with van der Waals surface area (Å²) in [6.45, 7) is 5.12. The molecule has 0 radical (unpaired) electrons. The first-order chi connectivity index (χ1) is 13.5. The molecular weight excluding hydrogens is 373 g/mol. The molecule has 1 fully saturated rings. The summed E-state index contributed by atoms with van der Waals surface area (Å²) in [7, 11) is 0. The molecule has 1 spiro atoms. The largest absolute Gasteiger partial charge is 0.335 e. The molecule has 2 aromatic carbocycles. The van der Waals surface area contributed by atoms with Crippen LogP contribution in [0.5, 0.6) is 0 Å². The monoisotopic (exact) mass is 396 g/mol. The summed E-state index contributed by atoms with van der Waals surface area (Å²) in [4.78, 5) is 22.1. The number of hydrogen-bond acceptors (Lipinski definition) is 3. The van der Waals surface area contributed by atoms with Gasteiger partial charge in [-0.2, -0.15) is 0 Å². The summed E-state index contributed by atoms with van der Waals surface area (Å²) >= 11 is 5.75. The van der Waals surface area contributed by atoms with Gasteiger partial charge in [0.05, 0.1) is 19.6 Å². The highest BCUT2D eigenvalue weighted by Crippen LogP contribution is 2.35. The van der Waals surface area contributed by atoms with Gasteiger partial charge in [-0.05, 0) is 31.2 Å². The summed E-state index contributed by atoms with van der Waals surface area (Å²) in [6, 6.07) is 15.4. The molecule has 1 saturated heterocycles. The highest BCUT2D eigenvalue weighted by molar-refractivity contribution is 7.82. The Balaban J connectivity index is 1.74. The van der Waals surface area contributed by atoms with Crippen molar-refractivity contribution < 1.29 is 14.1 Å². The van der Waals surface area contributed by atoms with Gasteiger partial charge in [-0.25, -0.2) is 4.39 Å². The third kappa shape index (κ3) is 3.27. The first-order valence-corrected chi connectivity index (χ1v) is 10.1. The molecule has 0 saturated carbocycles. The SMILES string of the molecule is CC[NH+]1CCC2(CC1)N=C(c1ccccc1)C(=S)N2C(=O)c1ccc(F)cc1. The Kier molecular flexibility index (Phi) is 5.08. The topological polar surface area (TPSA) is 37.1 Å². The lowest BCUT2D eigenvalue weighted by Gasteiger charge is -2.40. The molecule has 1 amide bonds. The van der Waals surface area contributed by atoms with Crippen LogP contribution in [-0.4, -0.2) is 46.8 Å². The number of carbonyl (C=O) groups excluding carboxylic acids is 1. The molecule has 0 atom stereocenters. The molecule has 4 rings (SSSR count). The molecule has 0 unspecified atom stereocenters. The number of hydrogen-bond donors (Lipinski definition) is 1. The van der Waals surface area contributed by atoms with Crippen molar-refractivity contribution in [2.24, 2.45) is 4.99 Å². The lowest BCUT2D eigenvalue weighted by atomic mass is 9.95. The van der Waals surface area contributed by atoms with Gasteiger partial charge in [0.2, 0.25) is 0 Å². The van der Waals surface area contributed by atoms with Crippen LogP contribution in [0, 0.1) is 5.82 Å². The Morgan fingerprint density at radius 1 is 1.14 bits per heavy atom. The van der Waals surface area contributed by atoms with E-state index in [9.17, 15) is 9.18 Å². The van der Waals surface area contributed by atoms with Crippen LogP contribution in [0.4, 0.5) is 4.39 Å². The van der Waals surface area contributed by atoms with Crippen LogP contribution >= 0.6 is 12.2 Å². The van der Waals surface area contributed by atoms with E-state index in [0.29, 0.717) is 16.3 Å². The van der Waals surface area contributed by atoms with Crippen LogP contribution in [0.25, 0.3) is 0 Å². The van der Waals surface area contributed by atoms with Crippen molar-refractivity contribution in [3.05, 3.63) is 71.5 Å². The van der Waals surface area contributed by atoms with E-state index in [1.807, 2.05) is 30.3 Å². The third-order valence-electron chi connectivity index (χ3n) is 5.74. The molecule has 0 aromatic heterocycles. The molecule has 28 heavy (non-hydrogen) atoms. The quantitative estimate of drug-likeness (QED) is 0.810. The second-order valence-electron chi connectivity index (χ2n) is 7.37. The zero-order valence-corrected chi connectivity index (χ0v) is 16.6. The highest BCUT2D eigenvalue weighted by atomic mass is 32.1. The highest BCUT2D eigenvalue weighted by Gasteiger charge is 2.51. The Labute approximate surface area is 169 Å². The molecule has 0 bridgehead atoms. The van der Waals surface area contributed by atoms with E-state index in [2.05, 4.69) is 6.92 Å². The van der Waals surface area contributed by atoms with Crippen molar-refractivity contribution in [2.45, 2.75) is 25.4 Å². The second kappa shape index (κ2) is 7.53. The summed E-state index contributed by atoms with van der Waals surface area (Å²) in [5.74, 6) is -0.573. The zero-order valence-electron chi connectivity index (χ0n) is 15.8. The van der Waals surface area contributed by atoms with E-state index in [4.69, 9.17) is 17.2 Å². The van der Waals surface area contributed by atoms with E-state index < -0.39 is 5.66 Å². The number of rotatable bonds is 3. The summed E-state index contributed by atoms with van der Waals surface area (Å²) in [6.07, 6.45) is 1.53. The molecule has 2 heterocycles. The minimum atomic E-state index is -0.646. The molecule has 2 aliphatic rings. The predicted octanol–water partition coefficient (Wildman–Crippen LogP) is 2.49. The van der Waals surface area contributed by atoms with E-state index >= 15 is 0 Å². The van der Waals surface area contributed by atoms with Gasteiger partial charge in [-0.15, -0.1) is 0 Å². The van der Waals surface area contributed by atoms with E-state index in [0.717, 1.165) is 38.0 Å². The Bertz CT molecular complexity index is 919. The molecule has 4 nitrogen and oxygen atoms in total. The van der Waals surface area contributed by atoms with Gasteiger partial charge >= 0.3 is 0 Å². The van der Waals surface area contributed by atoms with Crippen LogP contribution < -0.4 is 4.90 Å². The van der Waals surface area contributed by atoms with Crippen LogP contribution in [0.2, 0.25) is 0 Å². The van der Waals surface area contributed by atoms with Gasteiger partial charge in [0.1, 0.15) is 16.5 Å². The Morgan fingerprint density at radius 2 is 1.79 bits per heavy atom. The number of likely N-dealkylation sites (tertiary alicyclic amines) is 1. The molecule has 6 heteroatoms. The maximum Gasteiger partial charge on any atom is 0.260 e. The lowest BCUT2D eigenvalue weighted by molar-refractivity contribution is -0.904. The number of thiocarbonyl (C=S) groups is 1. The first-order valence-electron chi connectivity index (χ1n) is 9.67. The van der Waals surface area contributed by atoms with Crippen molar-refractivity contribution in [1.29, 1.82) is 0 Å². The fourth-order valence-electron chi connectivity index (χ4n) is 4.08. The normalized spacial score (nSPS) is 24.5. The predicted molar refractivity (Wildman–Crippen MR) is 111 cm³/mol. The maximum absolute atomic E-state index is 13.4. The van der Waals surface area contributed by atoms with Gasteiger partial charge in [0, 0.05) is 24.0 Å².